The van der Waals surface area contributed by atoms with Crippen molar-refractivity contribution >= 4 is 27.7 Å². The third kappa shape index (κ3) is 4.05. The minimum absolute atomic E-state index is 0.192. The Kier molecular flexibility index (Phi) is 5.74. The fourth-order valence-corrected chi connectivity index (χ4v) is 6.74. The summed E-state index contributed by atoms with van der Waals surface area (Å²) in [6.45, 7) is 6.16. The molecular weight excluding hydrogens is 454 g/mol. The van der Waals surface area contributed by atoms with Crippen LogP contribution in [0.1, 0.15) is 25.7 Å². The van der Waals surface area contributed by atoms with Gasteiger partial charge in [-0.2, -0.15) is 4.31 Å². The van der Waals surface area contributed by atoms with E-state index in [9.17, 15) is 13.2 Å². The number of carbonyl (C=O) groups is 1. The summed E-state index contributed by atoms with van der Waals surface area (Å²) in [7, 11) is -3.83. The zero-order chi connectivity index (χ0) is 22.5. The normalized spacial score (nSPS) is 28.4. The third-order valence-corrected chi connectivity index (χ3v) is 9.04. The maximum atomic E-state index is 13.8. The summed E-state index contributed by atoms with van der Waals surface area (Å²) in [5.41, 5.74) is -0.228. The Morgan fingerprint density at radius 1 is 1.22 bits per heavy atom. The van der Waals surface area contributed by atoms with Crippen LogP contribution in [0.25, 0.3) is 0 Å². The Labute approximate surface area is 193 Å². The molecule has 1 aromatic carbocycles. The van der Waals surface area contributed by atoms with Gasteiger partial charge in [-0.1, -0.05) is 18.2 Å². The highest BCUT2D eigenvalue weighted by Crippen LogP contribution is 2.50. The highest BCUT2D eigenvalue weighted by atomic mass is 35.5. The second-order valence-electron chi connectivity index (χ2n) is 9.07. The summed E-state index contributed by atoms with van der Waals surface area (Å²) in [4.78, 5) is 14.7. The zero-order valence-corrected chi connectivity index (χ0v) is 19.4. The topological polar surface area (TPSA) is 88.2 Å². The molecule has 8 nitrogen and oxygen atoms in total. The Morgan fingerprint density at radius 3 is 2.56 bits per heavy atom. The molecule has 2 saturated heterocycles. The first-order valence-corrected chi connectivity index (χ1v) is 12.9. The first-order valence-electron chi connectivity index (χ1n) is 11.1. The molecule has 1 aromatic rings. The second-order valence-corrected chi connectivity index (χ2v) is 11.4. The lowest BCUT2D eigenvalue weighted by molar-refractivity contribution is -0.0745. The number of hydrogen-bond donors (Lipinski definition) is 1. The summed E-state index contributed by atoms with van der Waals surface area (Å²) in [6, 6.07) is 5.40. The molecule has 174 valence electrons. The van der Waals surface area contributed by atoms with Crippen LogP contribution in [0.15, 0.2) is 41.4 Å². The van der Waals surface area contributed by atoms with E-state index in [4.69, 9.17) is 21.1 Å². The molecule has 4 fully saturated rings. The van der Waals surface area contributed by atoms with Crippen molar-refractivity contribution in [1.29, 1.82) is 0 Å². The lowest BCUT2D eigenvalue weighted by Gasteiger charge is -2.44. The summed E-state index contributed by atoms with van der Waals surface area (Å²) < 4.78 is 41.1. The molecule has 0 aromatic heterocycles. The van der Waals surface area contributed by atoms with Crippen LogP contribution in [0.4, 0.5) is 4.79 Å². The first kappa shape index (κ1) is 22.2. The molecule has 4 aliphatic rings. The lowest BCUT2D eigenvalue weighted by Crippen LogP contribution is -2.61. The van der Waals surface area contributed by atoms with Crippen molar-refractivity contribution in [3.63, 3.8) is 0 Å². The SMILES string of the molecule is C=C1CNCCN1C(=O)OC1([C@H]2COC[C@@H](C3CC3)N2S(=O)(=O)c2ccc(Cl)cc2)CC1. The number of nitrogens with one attached hydrogen (secondary N) is 1. The number of carbonyl (C=O) groups excluding carboxylic acids is 1. The molecule has 2 aliphatic heterocycles. The van der Waals surface area contributed by atoms with Crippen LogP contribution in [0, 0.1) is 5.92 Å². The maximum absolute atomic E-state index is 13.8. The first-order chi connectivity index (χ1) is 15.3. The van der Waals surface area contributed by atoms with E-state index in [1.807, 2.05) is 0 Å². The average Bonchev–Trinajstić information content (AvgIpc) is 3.69. The molecular formula is C22H28ClN3O5S. The van der Waals surface area contributed by atoms with Gasteiger partial charge in [0.1, 0.15) is 5.60 Å². The molecule has 2 saturated carbocycles. The minimum Gasteiger partial charge on any atom is -0.441 e. The van der Waals surface area contributed by atoms with Gasteiger partial charge in [-0.25, -0.2) is 13.2 Å². The van der Waals surface area contributed by atoms with Crippen LogP contribution in [-0.4, -0.2) is 74.2 Å². The summed E-state index contributed by atoms with van der Waals surface area (Å²) >= 11 is 5.99. The second kappa shape index (κ2) is 8.29. The van der Waals surface area contributed by atoms with Crippen molar-refractivity contribution in [3.8, 4) is 0 Å². The fourth-order valence-electron chi connectivity index (χ4n) is 4.71. The van der Waals surface area contributed by atoms with Crippen LogP contribution in [0.3, 0.4) is 0 Å². The van der Waals surface area contributed by atoms with Crippen LogP contribution in [0.2, 0.25) is 5.02 Å². The highest BCUT2D eigenvalue weighted by molar-refractivity contribution is 7.89. The van der Waals surface area contributed by atoms with Crippen LogP contribution < -0.4 is 5.32 Å². The van der Waals surface area contributed by atoms with Gasteiger partial charge in [0.25, 0.3) is 0 Å². The molecule has 0 unspecified atom stereocenters. The van der Waals surface area contributed by atoms with E-state index in [1.54, 1.807) is 16.4 Å². The number of sulfonamides is 1. The van der Waals surface area contributed by atoms with E-state index >= 15 is 0 Å². The van der Waals surface area contributed by atoms with Gasteiger partial charge in [0, 0.05) is 30.4 Å². The van der Waals surface area contributed by atoms with E-state index in [2.05, 4.69) is 11.9 Å². The summed E-state index contributed by atoms with van der Waals surface area (Å²) in [5, 5.41) is 3.65. The minimum atomic E-state index is -3.83. The van der Waals surface area contributed by atoms with Gasteiger partial charge in [0.05, 0.1) is 30.2 Å². The molecule has 0 radical (unpaired) electrons. The molecule has 10 heteroatoms. The number of halogens is 1. The number of nitrogens with zero attached hydrogens (tertiary/aromatic N) is 2. The van der Waals surface area contributed by atoms with Crippen molar-refractivity contribution in [2.75, 3.05) is 32.8 Å². The lowest BCUT2D eigenvalue weighted by atomic mass is 10.0. The number of amides is 1. The molecule has 1 N–H and O–H groups in total. The van der Waals surface area contributed by atoms with Crippen molar-refractivity contribution in [3.05, 3.63) is 41.6 Å². The molecule has 32 heavy (non-hydrogen) atoms. The van der Waals surface area contributed by atoms with Crippen LogP contribution in [0.5, 0.6) is 0 Å². The van der Waals surface area contributed by atoms with Crippen LogP contribution in [-0.2, 0) is 19.5 Å². The molecule has 2 aliphatic carbocycles. The van der Waals surface area contributed by atoms with Crippen molar-refractivity contribution in [1.82, 2.24) is 14.5 Å². The fraction of sp³-hybridized carbons (Fsp3) is 0.591. The molecule has 5 rings (SSSR count). The van der Waals surface area contributed by atoms with Gasteiger partial charge in [-0.3, -0.25) is 4.90 Å². The standard InChI is InChI=1S/C22H28ClN3O5S/c1-15-12-24-10-11-25(15)21(27)31-22(8-9-22)20-14-30-13-19(16-2-3-16)26(20)32(28,29)18-6-4-17(23)5-7-18/h4-7,16,19-20,24H,1-3,8-14H2/t19-,20+/m0/s1. The predicted octanol–water partition coefficient (Wildman–Crippen LogP) is 2.60. The van der Waals surface area contributed by atoms with Crippen molar-refractivity contribution < 1.29 is 22.7 Å². The number of rotatable bonds is 5. The highest BCUT2D eigenvalue weighted by Gasteiger charge is 2.61. The summed E-state index contributed by atoms with van der Waals surface area (Å²) in [6.07, 6.45) is 2.69. The quantitative estimate of drug-likeness (QED) is 0.695. The van der Waals surface area contributed by atoms with E-state index in [1.165, 1.54) is 17.0 Å². The summed E-state index contributed by atoms with van der Waals surface area (Å²) in [5.74, 6) is 0.263. The molecule has 1 amide bonds. The van der Waals surface area contributed by atoms with E-state index < -0.39 is 27.8 Å². The molecule has 2 atom stereocenters. The van der Waals surface area contributed by atoms with Gasteiger partial charge >= 0.3 is 6.09 Å². The van der Waals surface area contributed by atoms with Crippen molar-refractivity contribution in [2.24, 2.45) is 5.92 Å². The Bertz CT molecular complexity index is 1010. The van der Waals surface area contributed by atoms with E-state index in [0.717, 1.165) is 12.8 Å². The van der Waals surface area contributed by atoms with Gasteiger partial charge in [0.2, 0.25) is 10.0 Å². The van der Waals surface area contributed by atoms with Gasteiger partial charge in [-0.05, 0) is 55.9 Å². The molecule has 0 spiro atoms. The number of piperazine rings is 1. The van der Waals surface area contributed by atoms with Gasteiger partial charge < -0.3 is 14.8 Å². The van der Waals surface area contributed by atoms with Crippen LogP contribution >= 0.6 is 11.6 Å². The monoisotopic (exact) mass is 481 g/mol. The number of hydrogen-bond acceptors (Lipinski definition) is 6. The largest absolute Gasteiger partial charge is 0.441 e. The van der Waals surface area contributed by atoms with E-state index in [-0.39, 0.29) is 23.5 Å². The smallest absolute Gasteiger partial charge is 0.414 e. The molecule has 2 heterocycles. The predicted molar refractivity (Wildman–Crippen MR) is 119 cm³/mol. The van der Waals surface area contributed by atoms with E-state index in [0.29, 0.717) is 49.8 Å². The van der Waals surface area contributed by atoms with Gasteiger partial charge in [0.15, 0.2) is 0 Å². The Morgan fingerprint density at radius 2 is 1.94 bits per heavy atom. The Balaban J connectivity index is 1.45. The van der Waals surface area contributed by atoms with Gasteiger partial charge in [-0.15, -0.1) is 0 Å². The number of morpholine rings is 1. The number of ether oxygens (including phenoxy) is 2. The third-order valence-electron chi connectivity index (χ3n) is 6.84. The molecule has 0 bridgehead atoms. The average molecular weight is 482 g/mol. The zero-order valence-electron chi connectivity index (χ0n) is 17.8. The number of benzene rings is 1. The Hall–Kier alpha value is -1.65. The van der Waals surface area contributed by atoms with Crippen molar-refractivity contribution in [2.45, 2.75) is 48.3 Å². The maximum Gasteiger partial charge on any atom is 0.414 e.